The third-order valence-corrected chi connectivity index (χ3v) is 13.1. The van der Waals surface area contributed by atoms with E-state index in [0.717, 1.165) is 72.5 Å². The minimum absolute atomic E-state index is 1.05. The third kappa shape index (κ3) is 7.62. The molecule has 12 aromatic rings. The van der Waals surface area contributed by atoms with Crippen LogP contribution in [0, 0.1) is 0 Å². The van der Waals surface area contributed by atoms with Crippen LogP contribution in [0.3, 0.4) is 0 Å². The maximum Gasteiger partial charge on any atom is 0.0561 e. The largest absolute Gasteiger partial charge is 0.310 e. The highest BCUT2D eigenvalue weighted by molar-refractivity contribution is 6.08. The molecule has 0 unspecified atom stereocenters. The second-order valence-electron chi connectivity index (χ2n) is 17.2. The van der Waals surface area contributed by atoms with Gasteiger partial charge in [-0.25, -0.2) is 0 Å². The number of nitrogens with zero attached hydrogens (tertiary/aromatic N) is 3. The number of benzene rings is 11. The van der Waals surface area contributed by atoms with E-state index in [-0.39, 0.29) is 0 Å². The van der Waals surface area contributed by atoms with Crippen molar-refractivity contribution in [1.29, 1.82) is 0 Å². The van der Waals surface area contributed by atoms with E-state index in [9.17, 15) is 0 Å². The van der Waals surface area contributed by atoms with Crippen LogP contribution < -0.4 is 9.80 Å². The topological polar surface area (TPSA) is 19.4 Å². The van der Waals surface area contributed by atoms with Crippen molar-refractivity contribution in [2.24, 2.45) is 0 Å². The molecule has 0 aliphatic rings. The summed E-state index contributed by atoms with van der Waals surface area (Å²) in [4.78, 5) is 9.37. The molecule has 0 aliphatic carbocycles. The van der Waals surface area contributed by atoms with Crippen LogP contribution in [0.15, 0.2) is 273 Å². The molecule has 1 aromatic heterocycles. The lowest BCUT2D eigenvalue weighted by atomic mass is 9.94. The first-order valence-corrected chi connectivity index (χ1v) is 23.2. The van der Waals surface area contributed by atoms with Gasteiger partial charge in [0.25, 0.3) is 0 Å². The lowest BCUT2D eigenvalue weighted by molar-refractivity contribution is 1.26. The Morgan fingerprint density at radius 3 is 1.59 bits per heavy atom. The standard InChI is InChI=1S/C65H45N3/c1-4-16-46(17-5-1)51-22-12-25-58(44-51)67(57-38-36-48(37-39-57)52-33-32-47-18-10-11-21-50(47)42-52)63-30-15-31-64(65(63)54-34-35-55-45-66-41-40-53(55)43-54)68(56-23-8-3-9-24-56)62-29-14-27-60-59(26-13-28-61(60)62)49-19-6-2-7-20-49/h1-45H. The van der Waals surface area contributed by atoms with Crippen molar-refractivity contribution in [2.75, 3.05) is 9.80 Å². The van der Waals surface area contributed by atoms with Crippen LogP contribution in [0.5, 0.6) is 0 Å². The summed E-state index contributed by atoms with van der Waals surface area (Å²) in [6, 6.07) is 94.5. The first-order valence-electron chi connectivity index (χ1n) is 23.2. The molecule has 68 heavy (non-hydrogen) atoms. The summed E-state index contributed by atoms with van der Waals surface area (Å²) in [5, 5.41) is 7.04. The molecule has 0 N–H and O–H groups in total. The Labute approximate surface area is 397 Å². The Morgan fingerprint density at radius 1 is 0.265 bits per heavy atom. The van der Waals surface area contributed by atoms with Crippen LogP contribution >= 0.6 is 0 Å². The minimum Gasteiger partial charge on any atom is -0.310 e. The summed E-state index contributed by atoms with van der Waals surface area (Å²) >= 11 is 0. The molecular formula is C65H45N3. The average Bonchev–Trinajstić information content (AvgIpc) is 3.42. The molecule has 0 amide bonds. The molecule has 0 radical (unpaired) electrons. The maximum absolute atomic E-state index is 4.48. The quantitative estimate of drug-likeness (QED) is 0.137. The summed E-state index contributed by atoms with van der Waals surface area (Å²) in [6.45, 7) is 0. The van der Waals surface area contributed by atoms with Crippen LogP contribution in [-0.2, 0) is 0 Å². The van der Waals surface area contributed by atoms with Gasteiger partial charge in [-0.15, -0.1) is 0 Å². The Kier molecular flexibility index (Phi) is 10.6. The molecule has 0 saturated carbocycles. The van der Waals surface area contributed by atoms with Gasteiger partial charge in [-0.1, -0.05) is 188 Å². The number of hydrogen-bond donors (Lipinski definition) is 0. The van der Waals surface area contributed by atoms with Gasteiger partial charge in [0.05, 0.1) is 17.1 Å². The molecule has 320 valence electrons. The summed E-state index contributed by atoms with van der Waals surface area (Å²) in [7, 11) is 0. The van der Waals surface area contributed by atoms with Crippen molar-refractivity contribution in [2.45, 2.75) is 0 Å². The zero-order valence-corrected chi connectivity index (χ0v) is 37.3. The normalized spacial score (nSPS) is 11.2. The summed E-state index contributed by atoms with van der Waals surface area (Å²) < 4.78 is 0. The fourth-order valence-electron chi connectivity index (χ4n) is 9.83. The van der Waals surface area contributed by atoms with Crippen LogP contribution in [0.2, 0.25) is 0 Å². The molecule has 0 fully saturated rings. The zero-order chi connectivity index (χ0) is 45.2. The smallest absolute Gasteiger partial charge is 0.0561 e. The number of rotatable bonds is 10. The van der Waals surface area contributed by atoms with Gasteiger partial charge < -0.3 is 9.80 Å². The molecule has 11 aromatic carbocycles. The molecule has 12 rings (SSSR count). The monoisotopic (exact) mass is 867 g/mol. The number of anilines is 6. The molecule has 0 saturated heterocycles. The second-order valence-corrected chi connectivity index (χ2v) is 17.2. The van der Waals surface area contributed by atoms with Crippen molar-refractivity contribution in [1.82, 2.24) is 4.98 Å². The minimum atomic E-state index is 1.05. The second kappa shape index (κ2) is 17.7. The fraction of sp³-hybridized carbons (Fsp3) is 0. The molecule has 0 spiro atoms. The molecule has 0 bridgehead atoms. The number of pyridine rings is 1. The predicted molar refractivity (Wildman–Crippen MR) is 288 cm³/mol. The lowest BCUT2D eigenvalue weighted by Crippen LogP contribution is -2.16. The van der Waals surface area contributed by atoms with E-state index in [1.165, 1.54) is 38.4 Å². The molecule has 0 atom stereocenters. The van der Waals surface area contributed by atoms with Crippen molar-refractivity contribution in [3.05, 3.63) is 273 Å². The highest BCUT2D eigenvalue weighted by atomic mass is 15.2. The van der Waals surface area contributed by atoms with Crippen LogP contribution in [0.1, 0.15) is 0 Å². The molecular weight excluding hydrogens is 823 g/mol. The van der Waals surface area contributed by atoms with Crippen LogP contribution in [0.4, 0.5) is 34.1 Å². The Hall–Kier alpha value is -9.05. The van der Waals surface area contributed by atoms with Gasteiger partial charge in [0.15, 0.2) is 0 Å². The summed E-state index contributed by atoms with van der Waals surface area (Å²) in [5.41, 5.74) is 15.6. The van der Waals surface area contributed by atoms with Gasteiger partial charge in [-0.05, 0) is 133 Å². The van der Waals surface area contributed by atoms with E-state index < -0.39 is 0 Å². The highest BCUT2D eigenvalue weighted by Gasteiger charge is 2.26. The predicted octanol–water partition coefficient (Wildman–Crippen LogP) is 18.1. The van der Waals surface area contributed by atoms with Gasteiger partial charge in [-0.2, -0.15) is 0 Å². The van der Waals surface area contributed by atoms with Gasteiger partial charge in [-0.3, -0.25) is 4.98 Å². The van der Waals surface area contributed by atoms with Crippen LogP contribution in [-0.4, -0.2) is 4.98 Å². The Bertz CT molecular complexity index is 3740. The third-order valence-electron chi connectivity index (χ3n) is 13.1. The van der Waals surface area contributed by atoms with E-state index in [1.807, 2.05) is 12.4 Å². The van der Waals surface area contributed by atoms with E-state index in [0.29, 0.717) is 0 Å². The zero-order valence-electron chi connectivity index (χ0n) is 37.3. The Morgan fingerprint density at radius 2 is 0.779 bits per heavy atom. The molecule has 3 heteroatoms. The first-order chi connectivity index (χ1) is 33.7. The highest BCUT2D eigenvalue weighted by Crippen LogP contribution is 2.51. The van der Waals surface area contributed by atoms with Crippen LogP contribution in [0.25, 0.3) is 76.8 Å². The SMILES string of the molecule is c1ccc(-c2cccc(N(c3ccc(-c4ccc5ccccc5c4)cc3)c3cccc(N(c4ccccc4)c4cccc5c(-c6ccccc6)cccc45)c3-c3ccc4cnccc4c3)c2)cc1. The maximum atomic E-state index is 4.48. The van der Waals surface area contributed by atoms with E-state index in [2.05, 4.69) is 276 Å². The first kappa shape index (κ1) is 40.5. The van der Waals surface area contributed by atoms with Gasteiger partial charge in [0.2, 0.25) is 0 Å². The number of hydrogen-bond acceptors (Lipinski definition) is 3. The van der Waals surface area contributed by atoms with Gasteiger partial charge in [0.1, 0.15) is 0 Å². The number of para-hydroxylation sites is 1. The van der Waals surface area contributed by atoms with Crippen molar-refractivity contribution in [3.63, 3.8) is 0 Å². The number of fused-ring (bicyclic) bond motifs is 3. The fourth-order valence-corrected chi connectivity index (χ4v) is 9.83. The molecule has 3 nitrogen and oxygen atoms in total. The summed E-state index contributed by atoms with van der Waals surface area (Å²) in [5.74, 6) is 0. The average molecular weight is 868 g/mol. The van der Waals surface area contributed by atoms with Gasteiger partial charge >= 0.3 is 0 Å². The van der Waals surface area contributed by atoms with Gasteiger partial charge in [0, 0.05) is 45.8 Å². The Balaban J connectivity index is 1.12. The molecule has 1 heterocycles. The van der Waals surface area contributed by atoms with E-state index in [1.54, 1.807) is 0 Å². The molecule has 0 aliphatic heterocycles. The number of aromatic nitrogens is 1. The van der Waals surface area contributed by atoms with Crippen molar-refractivity contribution in [3.8, 4) is 44.5 Å². The summed E-state index contributed by atoms with van der Waals surface area (Å²) in [6.07, 6.45) is 3.83. The van der Waals surface area contributed by atoms with E-state index >= 15 is 0 Å². The van der Waals surface area contributed by atoms with Crippen molar-refractivity contribution < 1.29 is 0 Å². The lowest BCUT2D eigenvalue weighted by Gasteiger charge is -2.33. The van der Waals surface area contributed by atoms with Crippen molar-refractivity contribution >= 4 is 66.4 Å². The van der Waals surface area contributed by atoms with E-state index in [4.69, 9.17) is 0 Å².